The highest BCUT2D eigenvalue weighted by Crippen LogP contribution is 2.28. The van der Waals surface area contributed by atoms with E-state index in [9.17, 15) is 0 Å². The molecule has 0 saturated carbocycles. The molecule has 0 fully saturated rings. The van der Waals surface area contributed by atoms with Crippen LogP contribution in [0.4, 0.5) is 0 Å². The summed E-state index contributed by atoms with van der Waals surface area (Å²) in [5, 5.41) is 0. The Balaban J connectivity index is 2.77. The molecule has 0 aliphatic heterocycles. The third-order valence-electron chi connectivity index (χ3n) is 3.38. The lowest BCUT2D eigenvalue weighted by Crippen LogP contribution is -2.29. The second kappa shape index (κ2) is 6.06. The smallest absolute Gasteiger partial charge is 0.105 e. The number of nitrogens with two attached hydrogens (primary N) is 1. The van der Waals surface area contributed by atoms with Gasteiger partial charge in [-0.05, 0) is 32.3 Å². The second-order valence-electron chi connectivity index (χ2n) is 4.51. The molecular weight excluding hydrogens is 200 g/mol. The van der Waals surface area contributed by atoms with Crippen molar-refractivity contribution in [3.8, 4) is 0 Å². The molecule has 0 aliphatic carbocycles. The molecule has 0 saturated heterocycles. The minimum atomic E-state index is 0.211. The maximum Gasteiger partial charge on any atom is 0.105 e. The van der Waals surface area contributed by atoms with Gasteiger partial charge in [-0.25, -0.2) is 0 Å². The molecule has 0 bridgehead atoms. The molecule has 0 radical (unpaired) electrons. The van der Waals surface area contributed by atoms with Gasteiger partial charge in [0.15, 0.2) is 0 Å². The van der Waals surface area contributed by atoms with Crippen LogP contribution in [0, 0.1) is 19.8 Å². The van der Waals surface area contributed by atoms with Crippen molar-refractivity contribution in [2.75, 3.05) is 0 Å². The van der Waals surface area contributed by atoms with Gasteiger partial charge in [0.2, 0.25) is 0 Å². The van der Waals surface area contributed by atoms with E-state index in [-0.39, 0.29) is 6.04 Å². The first-order valence-corrected chi connectivity index (χ1v) is 6.15. The van der Waals surface area contributed by atoms with Gasteiger partial charge in [-0.2, -0.15) is 0 Å². The van der Waals surface area contributed by atoms with Crippen molar-refractivity contribution >= 4 is 0 Å². The van der Waals surface area contributed by atoms with Gasteiger partial charge in [-0.3, -0.25) is 11.3 Å². The molecule has 1 aromatic heterocycles. The molecule has 3 N–H and O–H groups in total. The lowest BCUT2D eigenvalue weighted by atomic mass is 9.91. The van der Waals surface area contributed by atoms with E-state index in [1.165, 1.54) is 18.4 Å². The summed E-state index contributed by atoms with van der Waals surface area (Å²) in [4.78, 5) is 0. The number of aryl methyl sites for hydroxylation is 2. The fraction of sp³-hybridized carbons (Fsp3) is 0.692. The van der Waals surface area contributed by atoms with E-state index in [0.717, 1.165) is 23.9 Å². The maximum absolute atomic E-state index is 5.65. The summed E-state index contributed by atoms with van der Waals surface area (Å²) in [6.45, 7) is 8.44. The van der Waals surface area contributed by atoms with Gasteiger partial charge >= 0.3 is 0 Å². The van der Waals surface area contributed by atoms with Gasteiger partial charge in [0.05, 0.1) is 0 Å². The van der Waals surface area contributed by atoms with Gasteiger partial charge in [0, 0.05) is 11.6 Å². The average molecular weight is 224 g/mol. The quantitative estimate of drug-likeness (QED) is 0.576. The number of hydrogen-bond donors (Lipinski definition) is 2. The number of nitrogens with one attached hydrogen (secondary N) is 1. The molecule has 0 aliphatic rings. The van der Waals surface area contributed by atoms with E-state index in [4.69, 9.17) is 10.3 Å². The van der Waals surface area contributed by atoms with Gasteiger partial charge in [-0.1, -0.05) is 26.7 Å². The van der Waals surface area contributed by atoms with E-state index < -0.39 is 0 Å². The highest BCUT2D eigenvalue weighted by molar-refractivity contribution is 5.23. The summed E-state index contributed by atoms with van der Waals surface area (Å²) in [6, 6.07) is 2.30. The zero-order valence-corrected chi connectivity index (χ0v) is 10.8. The predicted octanol–water partition coefficient (Wildman–Crippen LogP) is 3.23. The van der Waals surface area contributed by atoms with Crippen molar-refractivity contribution in [3.63, 3.8) is 0 Å². The second-order valence-corrected chi connectivity index (χ2v) is 4.51. The van der Waals surface area contributed by atoms with Crippen LogP contribution in [0.15, 0.2) is 10.5 Å². The Kier molecular flexibility index (Phi) is 5.03. The molecule has 1 rings (SSSR count). The summed E-state index contributed by atoms with van der Waals surface area (Å²) < 4.78 is 5.55. The molecular formula is C13H24N2O. The highest BCUT2D eigenvalue weighted by atomic mass is 16.3. The number of hydrazine groups is 1. The normalized spacial score (nSPS) is 13.4. The average Bonchev–Trinajstić information content (AvgIpc) is 2.60. The summed E-state index contributed by atoms with van der Waals surface area (Å²) in [5.41, 5.74) is 4.11. The molecule has 1 atom stereocenters. The van der Waals surface area contributed by atoms with Crippen molar-refractivity contribution < 1.29 is 4.42 Å². The maximum atomic E-state index is 5.65. The molecule has 16 heavy (non-hydrogen) atoms. The Morgan fingerprint density at radius 3 is 2.31 bits per heavy atom. The van der Waals surface area contributed by atoms with Crippen LogP contribution in [0.5, 0.6) is 0 Å². The van der Waals surface area contributed by atoms with Crippen LogP contribution in [0.3, 0.4) is 0 Å². The Hall–Kier alpha value is -0.800. The first kappa shape index (κ1) is 13.3. The van der Waals surface area contributed by atoms with E-state index >= 15 is 0 Å². The van der Waals surface area contributed by atoms with Crippen LogP contribution in [-0.2, 0) is 0 Å². The Bertz CT molecular complexity index is 316. The fourth-order valence-corrected chi connectivity index (χ4v) is 2.24. The van der Waals surface area contributed by atoms with Crippen molar-refractivity contribution in [3.05, 3.63) is 23.2 Å². The minimum absolute atomic E-state index is 0.211. The highest BCUT2D eigenvalue weighted by Gasteiger charge is 2.19. The lowest BCUT2D eigenvalue weighted by molar-refractivity contribution is 0.370. The van der Waals surface area contributed by atoms with Crippen LogP contribution < -0.4 is 11.3 Å². The third-order valence-corrected chi connectivity index (χ3v) is 3.38. The Morgan fingerprint density at radius 1 is 1.31 bits per heavy atom. The molecule has 1 aromatic rings. The monoisotopic (exact) mass is 224 g/mol. The zero-order valence-electron chi connectivity index (χ0n) is 10.8. The zero-order chi connectivity index (χ0) is 12.1. The van der Waals surface area contributed by atoms with E-state index in [2.05, 4.69) is 25.3 Å². The van der Waals surface area contributed by atoms with Crippen LogP contribution in [0.25, 0.3) is 0 Å². The Labute approximate surface area is 98.4 Å². The van der Waals surface area contributed by atoms with Gasteiger partial charge in [-0.15, -0.1) is 0 Å². The van der Waals surface area contributed by atoms with Gasteiger partial charge in [0.25, 0.3) is 0 Å². The summed E-state index contributed by atoms with van der Waals surface area (Å²) in [6.07, 6.45) is 3.47. The standard InChI is InChI=1S/C13H24N2O/c1-5-11(6-2)8-13(15-14)12-7-9(3)16-10(12)4/h7,11,13,15H,5-6,8,14H2,1-4H3. The lowest BCUT2D eigenvalue weighted by Gasteiger charge is -2.20. The summed E-state index contributed by atoms with van der Waals surface area (Å²) in [5.74, 6) is 8.30. The molecule has 0 aromatic carbocycles. The topological polar surface area (TPSA) is 51.2 Å². The number of furan rings is 1. The molecule has 92 valence electrons. The molecule has 0 spiro atoms. The van der Waals surface area contributed by atoms with Crippen molar-refractivity contribution in [1.82, 2.24) is 5.43 Å². The van der Waals surface area contributed by atoms with Gasteiger partial charge < -0.3 is 4.42 Å². The van der Waals surface area contributed by atoms with Crippen LogP contribution in [0.1, 0.15) is 56.2 Å². The fourth-order valence-electron chi connectivity index (χ4n) is 2.24. The Morgan fingerprint density at radius 2 is 1.94 bits per heavy atom. The molecule has 0 amide bonds. The van der Waals surface area contributed by atoms with Crippen LogP contribution in [-0.4, -0.2) is 0 Å². The van der Waals surface area contributed by atoms with Crippen molar-refractivity contribution in [2.45, 2.75) is 53.0 Å². The predicted molar refractivity (Wildman–Crippen MR) is 66.9 cm³/mol. The first-order chi connectivity index (χ1) is 7.62. The van der Waals surface area contributed by atoms with Crippen molar-refractivity contribution in [2.24, 2.45) is 11.8 Å². The minimum Gasteiger partial charge on any atom is -0.466 e. The SMILES string of the molecule is CCC(CC)CC(NN)c1cc(C)oc1C. The molecule has 3 nitrogen and oxygen atoms in total. The molecule has 1 unspecified atom stereocenters. The van der Waals surface area contributed by atoms with Crippen LogP contribution >= 0.6 is 0 Å². The number of rotatable bonds is 6. The molecule has 1 heterocycles. The summed E-state index contributed by atoms with van der Waals surface area (Å²) >= 11 is 0. The van der Waals surface area contributed by atoms with E-state index in [1.54, 1.807) is 0 Å². The molecule has 3 heteroatoms. The van der Waals surface area contributed by atoms with E-state index in [1.807, 2.05) is 13.8 Å². The van der Waals surface area contributed by atoms with Crippen LogP contribution in [0.2, 0.25) is 0 Å². The summed E-state index contributed by atoms with van der Waals surface area (Å²) in [7, 11) is 0. The first-order valence-electron chi connectivity index (χ1n) is 6.15. The largest absolute Gasteiger partial charge is 0.466 e. The van der Waals surface area contributed by atoms with Crippen molar-refractivity contribution in [1.29, 1.82) is 0 Å². The van der Waals surface area contributed by atoms with E-state index in [0.29, 0.717) is 0 Å². The third kappa shape index (κ3) is 3.09. The number of hydrogen-bond acceptors (Lipinski definition) is 3. The van der Waals surface area contributed by atoms with Gasteiger partial charge in [0.1, 0.15) is 11.5 Å².